The first-order valence-corrected chi connectivity index (χ1v) is 5.14. The van der Waals surface area contributed by atoms with E-state index < -0.39 is 0 Å². The molecule has 0 radical (unpaired) electrons. The van der Waals surface area contributed by atoms with Crippen molar-refractivity contribution in [2.75, 3.05) is 19.6 Å². The van der Waals surface area contributed by atoms with Gasteiger partial charge in [0.1, 0.15) is 0 Å². The maximum Gasteiger partial charge on any atom is 0.234 e. The molecule has 1 rings (SSSR count). The quantitative estimate of drug-likeness (QED) is 0.590. The number of rotatable bonds is 7. The van der Waals surface area contributed by atoms with Gasteiger partial charge in [0.2, 0.25) is 5.91 Å². The van der Waals surface area contributed by atoms with E-state index in [2.05, 4.69) is 27.9 Å². The summed E-state index contributed by atoms with van der Waals surface area (Å²) in [6, 6.07) is 0. The molecule has 2 N–H and O–H groups in total. The summed E-state index contributed by atoms with van der Waals surface area (Å²) in [7, 11) is 0. The number of hydrogen-bond donors (Lipinski definition) is 2. The summed E-state index contributed by atoms with van der Waals surface area (Å²) in [4.78, 5) is 11.2. The van der Waals surface area contributed by atoms with Crippen LogP contribution in [-0.4, -0.2) is 40.5 Å². The van der Waals surface area contributed by atoms with Crippen LogP contribution in [0.4, 0.5) is 0 Å². The molecule has 0 aliphatic carbocycles. The average Bonchev–Trinajstić information content (AvgIpc) is 2.71. The van der Waals surface area contributed by atoms with Crippen molar-refractivity contribution >= 4 is 5.91 Å². The summed E-state index contributed by atoms with van der Waals surface area (Å²) >= 11 is 0. The molecule has 15 heavy (non-hydrogen) atoms. The number of hydrogen-bond acceptors (Lipinski definition) is 4. The second-order valence-electron chi connectivity index (χ2n) is 3.19. The van der Waals surface area contributed by atoms with Gasteiger partial charge < -0.3 is 10.6 Å². The number of carbonyl (C=O) groups excluding carboxylic acids is 1. The highest BCUT2D eigenvalue weighted by molar-refractivity contribution is 5.77. The minimum absolute atomic E-state index is 0.0172. The van der Waals surface area contributed by atoms with Crippen LogP contribution in [0.2, 0.25) is 0 Å². The van der Waals surface area contributed by atoms with E-state index in [-0.39, 0.29) is 5.91 Å². The van der Waals surface area contributed by atoms with Crippen molar-refractivity contribution in [3.05, 3.63) is 12.4 Å². The first-order valence-electron chi connectivity index (χ1n) is 5.14. The molecular formula is C9H17N5O. The van der Waals surface area contributed by atoms with Crippen molar-refractivity contribution in [1.29, 1.82) is 0 Å². The monoisotopic (exact) mass is 211 g/mol. The van der Waals surface area contributed by atoms with Crippen molar-refractivity contribution in [3.8, 4) is 0 Å². The van der Waals surface area contributed by atoms with Gasteiger partial charge in [-0.3, -0.25) is 9.48 Å². The number of nitrogens with zero attached hydrogens (tertiary/aromatic N) is 3. The zero-order valence-electron chi connectivity index (χ0n) is 8.94. The van der Waals surface area contributed by atoms with E-state index in [1.807, 2.05) is 0 Å². The van der Waals surface area contributed by atoms with Gasteiger partial charge in [-0.2, -0.15) is 0 Å². The second kappa shape index (κ2) is 6.94. The molecule has 1 aromatic rings. The van der Waals surface area contributed by atoms with Crippen molar-refractivity contribution in [3.63, 3.8) is 0 Å². The lowest BCUT2D eigenvalue weighted by molar-refractivity contribution is -0.120. The van der Waals surface area contributed by atoms with Gasteiger partial charge in [0.25, 0.3) is 0 Å². The fraction of sp³-hybridized carbons (Fsp3) is 0.667. The van der Waals surface area contributed by atoms with Crippen LogP contribution in [0.3, 0.4) is 0 Å². The summed E-state index contributed by atoms with van der Waals surface area (Å²) in [6.07, 6.45) is 4.42. The maximum absolute atomic E-state index is 11.2. The lowest BCUT2D eigenvalue weighted by Gasteiger charge is -2.05. The van der Waals surface area contributed by atoms with E-state index in [4.69, 9.17) is 0 Å². The molecule has 0 unspecified atom stereocenters. The Bertz CT molecular complexity index is 272. The van der Waals surface area contributed by atoms with Gasteiger partial charge in [-0.1, -0.05) is 12.1 Å². The molecule has 0 aliphatic heterocycles. The Morgan fingerprint density at radius 2 is 2.33 bits per heavy atom. The Morgan fingerprint density at radius 1 is 1.47 bits per heavy atom. The average molecular weight is 211 g/mol. The first kappa shape index (κ1) is 11.6. The molecule has 0 spiro atoms. The van der Waals surface area contributed by atoms with Crippen LogP contribution in [0.25, 0.3) is 0 Å². The van der Waals surface area contributed by atoms with Gasteiger partial charge in [-0.15, -0.1) is 5.10 Å². The molecule has 0 saturated carbocycles. The van der Waals surface area contributed by atoms with Crippen LogP contribution in [0.15, 0.2) is 12.4 Å². The third kappa shape index (κ3) is 5.11. The maximum atomic E-state index is 11.2. The molecule has 0 aromatic carbocycles. The zero-order valence-corrected chi connectivity index (χ0v) is 8.94. The molecule has 84 valence electrons. The summed E-state index contributed by atoms with van der Waals surface area (Å²) < 4.78 is 1.68. The molecule has 0 atom stereocenters. The Balaban J connectivity index is 2.02. The third-order valence-electron chi connectivity index (χ3n) is 1.85. The lowest BCUT2D eigenvalue weighted by atomic mass is 10.4. The highest BCUT2D eigenvalue weighted by atomic mass is 16.1. The number of aromatic nitrogens is 3. The summed E-state index contributed by atoms with van der Waals surface area (Å²) in [6.45, 7) is 4.55. The highest BCUT2D eigenvalue weighted by Gasteiger charge is 1.98. The largest absolute Gasteiger partial charge is 0.353 e. The Morgan fingerprint density at radius 3 is 3.00 bits per heavy atom. The third-order valence-corrected chi connectivity index (χ3v) is 1.85. The van der Waals surface area contributed by atoms with Crippen LogP contribution in [-0.2, 0) is 11.3 Å². The van der Waals surface area contributed by atoms with Gasteiger partial charge in [-0.25, -0.2) is 0 Å². The Labute approximate surface area is 89.0 Å². The van der Waals surface area contributed by atoms with Crippen LogP contribution < -0.4 is 10.6 Å². The van der Waals surface area contributed by atoms with Crippen LogP contribution in [0, 0.1) is 0 Å². The van der Waals surface area contributed by atoms with Crippen LogP contribution in [0.5, 0.6) is 0 Å². The SMILES string of the molecule is CCCNCC(=O)NCCn1ccnn1. The molecule has 1 heterocycles. The number of carbonyl (C=O) groups is 1. The zero-order chi connectivity index (χ0) is 10.9. The summed E-state index contributed by atoms with van der Waals surface area (Å²) in [5.74, 6) is 0.0172. The van der Waals surface area contributed by atoms with Crippen molar-refractivity contribution in [1.82, 2.24) is 25.6 Å². The van der Waals surface area contributed by atoms with Crippen molar-refractivity contribution in [2.24, 2.45) is 0 Å². The number of amides is 1. The summed E-state index contributed by atoms with van der Waals surface area (Å²) in [5.41, 5.74) is 0. The molecule has 1 aromatic heterocycles. The van der Waals surface area contributed by atoms with E-state index in [1.54, 1.807) is 17.1 Å². The van der Waals surface area contributed by atoms with E-state index in [0.717, 1.165) is 13.0 Å². The second-order valence-corrected chi connectivity index (χ2v) is 3.19. The minimum Gasteiger partial charge on any atom is -0.353 e. The first-order chi connectivity index (χ1) is 7.33. The molecular weight excluding hydrogens is 194 g/mol. The van der Waals surface area contributed by atoms with Gasteiger partial charge >= 0.3 is 0 Å². The van der Waals surface area contributed by atoms with Gasteiger partial charge in [0.15, 0.2) is 0 Å². The van der Waals surface area contributed by atoms with E-state index >= 15 is 0 Å². The highest BCUT2D eigenvalue weighted by Crippen LogP contribution is 1.78. The van der Waals surface area contributed by atoms with Gasteiger partial charge in [0.05, 0.1) is 19.3 Å². The van der Waals surface area contributed by atoms with Crippen molar-refractivity contribution < 1.29 is 4.79 Å². The van der Waals surface area contributed by atoms with Crippen LogP contribution in [0.1, 0.15) is 13.3 Å². The standard InChI is InChI=1S/C9H17N5O/c1-2-3-10-8-9(15)11-4-6-14-7-5-12-13-14/h5,7,10H,2-4,6,8H2,1H3,(H,11,15). The predicted molar refractivity (Wildman–Crippen MR) is 56.2 cm³/mol. The molecule has 1 amide bonds. The molecule has 6 heteroatoms. The molecule has 0 fully saturated rings. The minimum atomic E-state index is 0.0172. The summed E-state index contributed by atoms with van der Waals surface area (Å²) in [5, 5.41) is 13.3. The predicted octanol–water partition coefficient (Wildman–Crippen LogP) is -0.606. The van der Waals surface area contributed by atoms with E-state index in [0.29, 0.717) is 19.6 Å². The molecule has 0 bridgehead atoms. The topological polar surface area (TPSA) is 71.8 Å². The number of nitrogens with one attached hydrogen (secondary N) is 2. The van der Waals surface area contributed by atoms with Gasteiger partial charge in [-0.05, 0) is 13.0 Å². The molecule has 0 saturated heterocycles. The van der Waals surface area contributed by atoms with E-state index in [9.17, 15) is 4.79 Å². The smallest absolute Gasteiger partial charge is 0.234 e. The van der Waals surface area contributed by atoms with Crippen molar-refractivity contribution in [2.45, 2.75) is 19.9 Å². The molecule has 6 nitrogen and oxygen atoms in total. The Kier molecular flexibility index (Phi) is 5.39. The molecule has 0 aliphatic rings. The normalized spacial score (nSPS) is 10.2. The lowest BCUT2D eigenvalue weighted by Crippen LogP contribution is -2.35. The van der Waals surface area contributed by atoms with Crippen LogP contribution >= 0.6 is 0 Å². The fourth-order valence-electron chi connectivity index (χ4n) is 1.10. The van der Waals surface area contributed by atoms with E-state index in [1.165, 1.54) is 0 Å². The fourth-order valence-corrected chi connectivity index (χ4v) is 1.10. The Hall–Kier alpha value is -1.43. The van der Waals surface area contributed by atoms with Gasteiger partial charge in [0, 0.05) is 12.7 Å².